The Morgan fingerprint density at radius 3 is 2.03 bits per heavy atom. The molecule has 3 aromatic rings. The van der Waals surface area contributed by atoms with Crippen LogP contribution in [0, 0.1) is 0 Å². The number of piperidine rings is 1. The van der Waals surface area contributed by atoms with Crippen LogP contribution in [0.3, 0.4) is 0 Å². The van der Waals surface area contributed by atoms with Crippen molar-refractivity contribution in [1.29, 1.82) is 0 Å². The molecule has 1 amide bonds. The second-order valence-corrected chi connectivity index (χ2v) is 7.90. The smallest absolute Gasteiger partial charge is 0.237 e. The van der Waals surface area contributed by atoms with Crippen LogP contribution in [0.4, 0.5) is 0 Å². The van der Waals surface area contributed by atoms with Crippen LogP contribution in [0.15, 0.2) is 84.7 Å². The lowest BCUT2D eigenvalue weighted by Crippen LogP contribution is -2.48. The maximum absolute atomic E-state index is 14.7. The van der Waals surface area contributed by atoms with Crippen LogP contribution < -0.4 is 0 Å². The van der Waals surface area contributed by atoms with Gasteiger partial charge < -0.3 is 14.9 Å². The van der Waals surface area contributed by atoms with E-state index < -0.39 is 138 Å². The molecule has 1 fully saturated rings. The number of carbonyl (C=O) groups is 1. The summed E-state index contributed by atoms with van der Waals surface area (Å²) in [5.41, 5.74) is -10.2. The number of hydrogen-bond acceptors (Lipinski definition) is 3. The van der Waals surface area contributed by atoms with Crippen LogP contribution >= 0.6 is 11.6 Å². The molecule has 4 rings (SSSR count). The fourth-order valence-corrected chi connectivity index (χ4v) is 3.47. The molecule has 1 aliphatic rings. The molecular weight excluding hydrogens is 444 g/mol. The third-order valence-electron chi connectivity index (χ3n) is 5.09. The third kappa shape index (κ3) is 4.90. The van der Waals surface area contributed by atoms with Crippen LogP contribution in [-0.2, 0) is 15.8 Å². The van der Waals surface area contributed by atoms with Crippen molar-refractivity contribution < 1.29 is 37.3 Å². The second kappa shape index (κ2) is 10.3. The Balaban J connectivity index is 2.25. The molecule has 1 N–H and O–H groups in total. The van der Waals surface area contributed by atoms with Crippen molar-refractivity contribution in [2.24, 2.45) is 0 Å². The Hall–Kier alpha value is -2.66. The third-order valence-corrected chi connectivity index (χ3v) is 5.34. The van der Waals surface area contributed by atoms with E-state index >= 15 is 0 Å². The average molecular weight is 497 g/mol. The van der Waals surface area contributed by atoms with Crippen molar-refractivity contribution in [3.63, 3.8) is 0 Å². The number of likely N-dealkylation sites (N-methyl/N-ethyl adjacent to an activating group) is 1. The number of rotatable bonds is 7. The van der Waals surface area contributed by atoms with Gasteiger partial charge in [0.15, 0.2) is 0 Å². The largest absolute Gasteiger partial charge is 0.385 e. The van der Waals surface area contributed by atoms with Gasteiger partial charge in [0.2, 0.25) is 5.91 Å². The summed E-state index contributed by atoms with van der Waals surface area (Å²) in [6.07, 6.45) is -9.92. The molecule has 0 spiro atoms. The molecule has 4 nitrogen and oxygen atoms in total. The van der Waals surface area contributed by atoms with E-state index in [2.05, 4.69) is 0 Å². The Labute approximate surface area is 235 Å². The lowest BCUT2D eigenvalue weighted by molar-refractivity contribution is -0.133. The van der Waals surface area contributed by atoms with Crippen LogP contribution in [0.25, 0.3) is 0 Å². The summed E-state index contributed by atoms with van der Waals surface area (Å²) in [6.45, 7) is -12.3. The monoisotopic (exact) mass is 496 g/mol. The van der Waals surface area contributed by atoms with E-state index in [1.165, 1.54) is 0 Å². The van der Waals surface area contributed by atoms with E-state index in [1.54, 1.807) is 0 Å². The minimum absolute atomic E-state index is 0.0189. The van der Waals surface area contributed by atoms with Gasteiger partial charge in [-0.25, -0.2) is 0 Å². The van der Waals surface area contributed by atoms with Crippen molar-refractivity contribution in [3.05, 3.63) is 106 Å². The van der Waals surface area contributed by atoms with Crippen molar-refractivity contribution in [3.8, 4) is 0 Å². The van der Waals surface area contributed by atoms with Gasteiger partial charge in [-0.3, -0.25) is 4.79 Å². The first kappa shape index (κ1) is 9.77. The lowest BCUT2D eigenvalue weighted by Gasteiger charge is -2.41. The van der Waals surface area contributed by atoms with E-state index in [-0.39, 0.29) is 5.02 Å². The molecule has 0 aromatic heterocycles. The summed E-state index contributed by atoms with van der Waals surface area (Å²) in [5, 5.41) is 11.9. The number of hydrogen-bond donors (Lipinski definition) is 1. The van der Waals surface area contributed by atoms with E-state index in [4.69, 9.17) is 36.3 Å². The minimum atomic E-state index is -4.13. The zero-order valence-corrected chi connectivity index (χ0v) is 18.9. The molecule has 34 heavy (non-hydrogen) atoms. The summed E-state index contributed by atoms with van der Waals surface area (Å²) >= 11 is 5.92. The van der Waals surface area contributed by atoms with Gasteiger partial charge in [-0.05, 0) is 54.5 Å². The van der Waals surface area contributed by atoms with Crippen LogP contribution in [0.2, 0.25) is 5.02 Å². The van der Waals surface area contributed by atoms with Gasteiger partial charge in [-0.15, -0.1) is 0 Å². The van der Waals surface area contributed by atoms with Crippen molar-refractivity contribution >= 4 is 17.5 Å². The summed E-state index contributed by atoms with van der Waals surface area (Å²) in [6, 6.07) is -7.48. The molecule has 0 unspecified atom stereocenters. The van der Waals surface area contributed by atoms with Crippen molar-refractivity contribution in [1.82, 2.24) is 9.80 Å². The quantitative estimate of drug-likeness (QED) is 0.495. The number of nitrogens with zero attached hydrogens (tertiary/aromatic N) is 2. The van der Waals surface area contributed by atoms with Gasteiger partial charge in [-0.1, -0.05) is 84.2 Å². The highest BCUT2D eigenvalue weighted by Crippen LogP contribution is 2.39. The van der Waals surface area contributed by atoms with Crippen LogP contribution in [0.1, 0.15) is 63.3 Å². The predicted molar refractivity (Wildman–Crippen MR) is 138 cm³/mol. The molecule has 1 saturated heterocycles. The molecule has 178 valence electrons. The highest BCUT2D eigenvalue weighted by Gasteiger charge is 2.43. The van der Waals surface area contributed by atoms with Crippen LogP contribution in [-0.4, -0.2) is 54.4 Å². The van der Waals surface area contributed by atoms with Crippen molar-refractivity contribution in [2.45, 2.75) is 30.2 Å². The Morgan fingerprint density at radius 1 is 1.06 bits per heavy atom. The summed E-state index contributed by atoms with van der Waals surface area (Å²) in [5.74, 6) is -1.51. The molecule has 5 heteroatoms. The van der Waals surface area contributed by atoms with Gasteiger partial charge in [0, 0.05) is 45.8 Å². The van der Waals surface area contributed by atoms with Gasteiger partial charge in [0.25, 0.3) is 0 Å². The first-order valence-electron chi connectivity index (χ1n) is 19.9. The SMILES string of the molecule is [2H]c1c([2H])c([2H])c(C(CC([2H])([2H])N2C([2H])([2H])C([2H])([2H])C(O)(c3ccc(Cl)cc3)C([2H])([2H])C2([2H])[2H])(C(=O)N(C)C)c2c([2H])c([2H])c([2H])c([2H])c2[2H])c([2H])c1[2H]. The van der Waals surface area contributed by atoms with Gasteiger partial charge in [-0.2, -0.15) is 0 Å². The summed E-state index contributed by atoms with van der Waals surface area (Å²) in [4.78, 5) is 14.8. The normalized spacial score (nSPS) is 31.1. The first-order chi connectivity index (χ1) is 24.3. The second-order valence-electron chi connectivity index (χ2n) is 7.47. The molecule has 0 radical (unpaired) electrons. The van der Waals surface area contributed by atoms with Crippen LogP contribution in [0.5, 0.6) is 0 Å². The van der Waals surface area contributed by atoms with Gasteiger partial charge >= 0.3 is 0 Å². The lowest BCUT2D eigenvalue weighted by atomic mass is 9.70. The van der Waals surface area contributed by atoms with E-state index in [0.29, 0.717) is 4.90 Å². The summed E-state index contributed by atoms with van der Waals surface area (Å²) in [7, 11) is 2.06. The number of carbonyl (C=O) groups excluding carboxylic acids is 1. The maximum Gasteiger partial charge on any atom is 0.237 e. The van der Waals surface area contributed by atoms with Gasteiger partial charge in [0.1, 0.15) is 5.41 Å². The Kier molecular flexibility index (Phi) is 2.96. The number of benzene rings is 3. The molecule has 0 aliphatic carbocycles. The Morgan fingerprint density at radius 2 is 1.56 bits per heavy atom. The maximum atomic E-state index is 14.7. The minimum Gasteiger partial charge on any atom is -0.385 e. The number of amides is 1. The molecule has 0 bridgehead atoms. The van der Waals surface area contributed by atoms with E-state index in [9.17, 15) is 12.6 Å². The highest BCUT2D eigenvalue weighted by atomic mass is 35.5. The predicted octanol–water partition coefficient (Wildman–Crippen LogP) is 5.09. The first-order valence-corrected chi connectivity index (χ1v) is 10.3. The fraction of sp³-hybridized carbons (Fsp3) is 0.345. The molecule has 0 atom stereocenters. The van der Waals surface area contributed by atoms with Crippen molar-refractivity contribution in [2.75, 3.05) is 33.6 Å². The van der Waals surface area contributed by atoms with E-state index in [1.807, 2.05) is 0 Å². The molecule has 3 aromatic carbocycles. The zero-order valence-electron chi connectivity index (χ0n) is 38.1. The molecule has 1 heterocycles. The average Bonchev–Trinajstić information content (AvgIpc) is 3.06. The number of halogens is 1. The molecule has 0 saturated carbocycles. The van der Waals surface area contributed by atoms with E-state index in [0.717, 1.165) is 38.4 Å². The highest BCUT2D eigenvalue weighted by molar-refractivity contribution is 6.30. The zero-order chi connectivity index (χ0) is 41.9. The topological polar surface area (TPSA) is 43.8 Å². The number of aliphatic hydroxyl groups is 1. The fourth-order valence-electron chi connectivity index (χ4n) is 3.34. The molecular formula is C29H33ClN2O2. The number of likely N-dealkylation sites (tertiary alicyclic amines) is 1. The standard InChI is InChI=1S/C29H33ClN2O2/c1-31(2)27(33)29(24-9-5-3-6-10-24,25-11-7-4-8-12-25)19-22-32-20-17-28(34,18-21-32)23-13-15-26(30)16-14-23/h3-16,34H,17-22H2,1-2H3/i3D,4D,5D,6D,7D,8D,9D,10D,11D,12D,17D2,18D2,20D2,21D2,22D2. The summed E-state index contributed by atoms with van der Waals surface area (Å²) < 4.78 is 175. The van der Waals surface area contributed by atoms with Gasteiger partial charge in [0.05, 0.1) is 19.3 Å². The Bertz CT molecular complexity index is 1880. The molecule has 1 aliphatic heterocycles.